The van der Waals surface area contributed by atoms with E-state index in [9.17, 15) is 13.6 Å². The zero-order valence-electron chi connectivity index (χ0n) is 21.3. The fourth-order valence-corrected chi connectivity index (χ4v) is 4.88. The number of pyridine rings is 1. The Morgan fingerprint density at radius 3 is 2.23 bits per heavy atom. The van der Waals surface area contributed by atoms with Gasteiger partial charge in [-0.1, -0.05) is 0 Å². The lowest BCUT2D eigenvalue weighted by atomic mass is 10.1. The Labute approximate surface area is 224 Å². The first-order valence-electron chi connectivity index (χ1n) is 11.6. The van der Waals surface area contributed by atoms with E-state index in [4.69, 9.17) is 9.47 Å². The van der Waals surface area contributed by atoms with Gasteiger partial charge in [-0.15, -0.1) is 0 Å². The summed E-state index contributed by atoms with van der Waals surface area (Å²) < 4.78 is 63.7. The van der Waals surface area contributed by atoms with Crippen molar-refractivity contribution in [2.75, 3.05) is 24.0 Å². The molecule has 10 nitrogen and oxygen atoms in total. The minimum Gasteiger partial charge on any atom is -0.493 e. The van der Waals surface area contributed by atoms with E-state index >= 15 is 8.78 Å². The second-order valence-corrected chi connectivity index (χ2v) is 9.67. The predicted octanol–water partition coefficient (Wildman–Crippen LogP) is 4.94. The first-order chi connectivity index (χ1) is 18.6. The smallest absolute Gasteiger partial charge is 0.334 e. The van der Waals surface area contributed by atoms with Crippen molar-refractivity contribution >= 4 is 34.2 Å². The van der Waals surface area contributed by atoms with Crippen LogP contribution in [0.3, 0.4) is 0 Å². The molecule has 1 N–H and O–H groups in total. The van der Waals surface area contributed by atoms with E-state index in [1.165, 1.54) is 49.6 Å². The van der Waals surface area contributed by atoms with Crippen LogP contribution in [-0.4, -0.2) is 43.8 Å². The van der Waals surface area contributed by atoms with Crippen LogP contribution in [0.25, 0.3) is 11.3 Å². The molecular weight excluding hydrogens is 532 g/mol. The van der Waals surface area contributed by atoms with Gasteiger partial charge in [0.05, 0.1) is 48.4 Å². The molecule has 0 radical (unpaired) electrons. The largest absolute Gasteiger partial charge is 0.493 e. The molecule has 13 heteroatoms. The van der Waals surface area contributed by atoms with E-state index in [0.717, 1.165) is 22.2 Å². The van der Waals surface area contributed by atoms with Gasteiger partial charge in [-0.2, -0.15) is 5.10 Å². The highest BCUT2D eigenvalue weighted by Crippen LogP contribution is 2.43. The molecule has 0 fully saturated rings. The molecule has 0 saturated carbocycles. The number of benzene rings is 2. The summed E-state index contributed by atoms with van der Waals surface area (Å²) in [5.41, 5.74) is 2.59. The number of rotatable bonds is 6. The van der Waals surface area contributed by atoms with Gasteiger partial charge in [0.1, 0.15) is 5.69 Å². The van der Waals surface area contributed by atoms with Crippen molar-refractivity contribution in [3.63, 3.8) is 0 Å². The maximum Gasteiger partial charge on any atom is 0.334 e. The molecule has 0 spiro atoms. The Kier molecular flexibility index (Phi) is 6.78. The number of anilines is 3. The normalized spacial score (nSPS) is 13.9. The number of amides is 2. The maximum absolute atomic E-state index is 15.5. The van der Waals surface area contributed by atoms with Gasteiger partial charge in [0, 0.05) is 36.6 Å². The van der Waals surface area contributed by atoms with Crippen LogP contribution in [0.1, 0.15) is 11.3 Å². The van der Waals surface area contributed by atoms with Gasteiger partial charge in [0.15, 0.2) is 34.2 Å². The Hall–Kier alpha value is -4.36. The molecule has 3 heterocycles. The Bertz CT molecular complexity index is 1600. The molecule has 4 aromatic rings. The highest BCUT2D eigenvalue weighted by atomic mass is 32.2. The number of aryl methyl sites for hydroxylation is 2. The topological polar surface area (TPSA) is 110 Å². The van der Waals surface area contributed by atoms with E-state index in [-0.39, 0.29) is 22.9 Å². The number of methoxy groups -OCH3 is 2. The summed E-state index contributed by atoms with van der Waals surface area (Å²) in [6, 6.07) is 7.72. The number of urea groups is 1. The van der Waals surface area contributed by atoms with E-state index in [0.29, 0.717) is 22.6 Å². The summed E-state index contributed by atoms with van der Waals surface area (Å²) >= 11 is -2.24. The molecule has 0 saturated heterocycles. The molecule has 2 aromatic carbocycles. The van der Waals surface area contributed by atoms with Crippen LogP contribution in [0.2, 0.25) is 0 Å². The first-order valence-corrected chi connectivity index (χ1v) is 12.7. The third-order valence-electron chi connectivity index (χ3n) is 6.36. The fourth-order valence-electron chi connectivity index (χ4n) is 4.51. The van der Waals surface area contributed by atoms with Gasteiger partial charge in [-0.05, 0) is 37.3 Å². The number of ether oxygens (including phenoxy) is 2. The van der Waals surface area contributed by atoms with Gasteiger partial charge in [0.25, 0.3) is 0 Å². The van der Waals surface area contributed by atoms with Crippen LogP contribution in [0.4, 0.5) is 30.6 Å². The summed E-state index contributed by atoms with van der Waals surface area (Å²) in [4.78, 5) is 20.9. The van der Waals surface area contributed by atoms with Crippen LogP contribution >= 0.6 is 0 Å². The summed E-state index contributed by atoms with van der Waals surface area (Å²) in [5.74, 6) is -2.75. The third-order valence-corrected chi connectivity index (χ3v) is 7.04. The van der Waals surface area contributed by atoms with Gasteiger partial charge in [-0.3, -0.25) is 19.5 Å². The lowest BCUT2D eigenvalue weighted by Gasteiger charge is -2.37. The highest BCUT2D eigenvalue weighted by Gasteiger charge is 2.38. The molecule has 1 unspecified atom stereocenters. The molecule has 39 heavy (non-hydrogen) atoms. The molecule has 2 aromatic heterocycles. The molecule has 0 bridgehead atoms. The van der Waals surface area contributed by atoms with Gasteiger partial charge >= 0.3 is 6.03 Å². The summed E-state index contributed by atoms with van der Waals surface area (Å²) in [5, 5.41) is 4.35. The summed E-state index contributed by atoms with van der Waals surface area (Å²) in [6.45, 7) is 1.63. The fraction of sp³-hybridized carbons (Fsp3) is 0.192. The van der Waals surface area contributed by atoms with Crippen molar-refractivity contribution in [1.82, 2.24) is 14.8 Å². The molecule has 1 atom stereocenters. The van der Waals surface area contributed by atoms with Crippen LogP contribution in [-0.2, 0) is 24.7 Å². The van der Waals surface area contributed by atoms with Crippen LogP contribution in [0.15, 0.2) is 53.7 Å². The number of fused-ring (bicyclic) bond motifs is 1. The number of hydrogen-bond donors (Lipinski definition) is 1. The number of carbonyl (C=O) groups is 1. The van der Waals surface area contributed by atoms with Crippen molar-refractivity contribution in [2.45, 2.75) is 18.4 Å². The van der Waals surface area contributed by atoms with Crippen LogP contribution in [0.5, 0.6) is 11.5 Å². The van der Waals surface area contributed by atoms with E-state index in [1.54, 1.807) is 24.0 Å². The lowest BCUT2D eigenvalue weighted by Crippen LogP contribution is -2.45. The second kappa shape index (κ2) is 10.1. The van der Waals surface area contributed by atoms with Gasteiger partial charge in [-0.25, -0.2) is 17.8 Å². The van der Waals surface area contributed by atoms with E-state index in [2.05, 4.69) is 10.1 Å². The minimum atomic E-state index is -2.24. The first kappa shape index (κ1) is 26.3. The lowest BCUT2D eigenvalue weighted by molar-refractivity contribution is 0.251. The molecule has 5 rings (SSSR count). The molecule has 0 aliphatic carbocycles. The average Bonchev–Trinajstić information content (AvgIpc) is 3.26. The number of halogens is 2. The summed E-state index contributed by atoms with van der Waals surface area (Å²) in [7, 11) is 4.22. The Morgan fingerprint density at radius 1 is 1.05 bits per heavy atom. The van der Waals surface area contributed by atoms with E-state index < -0.39 is 34.4 Å². The minimum absolute atomic E-state index is 0.122. The number of carbonyl (C=O) groups excluding carboxylic acids is 1. The van der Waals surface area contributed by atoms with Crippen molar-refractivity contribution in [3.05, 3.63) is 71.7 Å². The van der Waals surface area contributed by atoms with Crippen molar-refractivity contribution in [3.8, 4) is 22.8 Å². The molecular formula is C26H23F2N5O5S. The maximum atomic E-state index is 15.5. The monoisotopic (exact) mass is 555 g/mol. The Balaban J connectivity index is 1.71. The second-order valence-electron chi connectivity index (χ2n) is 8.70. The Morgan fingerprint density at radius 2 is 1.69 bits per heavy atom. The quantitative estimate of drug-likeness (QED) is 0.336. The summed E-state index contributed by atoms with van der Waals surface area (Å²) in [6.07, 6.45) is 3.33. The highest BCUT2D eigenvalue weighted by molar-refractivity contribution is 7.79. The number of hydrogen-bond acceptors (Lipinski definition) is 6. The SMILES string of the molecule is COc1cc(OC)c(F)c(N2Cc3cnc(-c4cn(C)nc4C)cc3N(c3ccc(S(=O)O)cc3)C2=O)c1F. The molecule has 1 aliphatic heterocycles. The molecule has 1 aliphatic rings. The zero-order valence-corrected chi connectivity index (χ0v) is 22.1. The third kappa shape index (κ3) is 4.49. The number of nitrogens with zero attached hydrogens (tertiary/aromatic N) is 5. The van der Waals surface area contributed by atoms with Gasteiger partial charge < -0.3 is 14.0 Å². The van der Waals surface area contributed by atoms with Crippen molar-refractivity contribution in [1.29, 1.82) is 0 Å². The van der Waals surface area contributed by atoms with Gasteiger partial charge in [0.2, 0.25) is 0 Å². The zero-order chi connectivity index (χ0) is 28.0. The standard InChI is InChI=1S/C26H23F2N5O5S/c1-14-18(13-31(2)30-14)19-9-20-15(11-29-19)12-32(25-23(27)21(37-3)10-22(38-4)24(25)28)26(34)33(20)16-5-7-17(8-6-16)39(35)36/h5-11,13H,12H2,1-4H3,(H,35,36). The number of aromatic nitrogens is 3. The van der Waals surface area contributed by atoms with Crippen molar-refractivity contribution in [2.24, 2.45) is 7.05 Å². The molecule has 2 amide bonds. The van der Waals surface area contributed by atoms with Crippen molar-refractivity contribution < 1.29 is 31.8 Å². The average molecular weight is 556 g/mol. The predicted molar refractivity (Wildman–Crippen MR) is 140 cm³/mol. The van der Waals surface area contributed by atoms with Crippen LogP contribution < -0.4 is 19.3 Å². The van der Waals surface area contributed by atoms with Crippen LogP contribution in [0, 0.1) is 18.6 Å². The molecule has 202 valence electrons. The van der Waals surface area contributed by atoms with E-state index in [1.807, 2.05) is 6.92 Å².